The molecule has 1 heterocycles. The summed E-state index contributed by atoms with van der Waals surface area (Å²) in [5, 5.41) is 6.06. The Morgan fingerprint density at radius 2 is 2.00 bits per heavy atom. The van der Waals surface area contributed by atoms with E-state index in [1.165, 1.54) is 0 Å². The maximum atomic E-state index is 12.2. The Bertz CT molecular complexity index is 563. The minimum Gasteiger partial charge on any atom is -0.349 e. The molecule has 0 aliphatic carbocycles. The molecule has 1 atom stereocenters. The van der Waals surface area contributed by atoms with Gasteiger partial charge in [-0.3, -0.25) is 4.79 Å². The van der Waals surface area contributed by atoms with Crippen molar-refractivity contribution in [1.29, 1.82) is 0 Å². The summed E-state index contributed by atoms with van der Waals surface area (Å²) in [6.07, 6.45) is 0.348. The van der Waals surface area contributed by atoms with Gasteiger partial charge in [0.2, 0.25) is 5.91 Å². The van der Waals surface area contributed by atoms with Crippen LogP contribution in [0.5, 0.6) is 0 Å². The molecule has 1 aromatic heterocycles. The Morgan fingerprint density at radius 1 is 1.30 bits per heavy atom. The Balaban J connectivity index is 2.03. The lowest BCUT2D eigenvalue weighted by atomic mass is 9.96. The first-order chi connectivity index (χ1) is 9.56. The number of benzene rings is 1. The highest BCUT2D eigenvalue weighted by atomic mass is 32.1. The molecule has 0 spiro atoms. The van der Waals surface area contributed by atoms with E-state index in [0.717, 1.165) is 16.3 Å². The van der Waals surface area contributed by atoms with Crippen LogP contribution in [-0.4, -0.2) is 10.9 Å². The SMILES string of the molecule is Cc1nc(CC(=O)NC(c2ccccc2)C(C)C)cs1. The predicted molar refractivity (Wildman–Crippen MR) is 82.7 cm³/mol. The largest absolute Gasteiger partial charge is 0.349 e. The lowest BCUT2D eigenvalue weighted by Gasteiger charge is -2.22. The number of nitrogens with one attached hydrogen (secondary N) is 1. The van der Waals surface area contributed by atoms with Crippen LogP contribution in [0.4, 0.5) is 0 Å². The van der Waals surface area contributed by atoms with Gasteiger partial charge in [0.1, 0.15) is 0 Å². The lowest BCUT2D eigenvalue weighted by molar-refractivity contribution is -0.121. The van der Waals surface area contributed by atoms with Crippen molar-refractivity contribution >= 4 is 17.2 Å². The number of amides is 1. The van der Waals surface area contributed by atoms with Gasteiger partial charge < -0.3 is 5.32 Å². The van der Waals surface area contributed by atoms with Gasteiger partial charge in [-0.2, -0.15) is 0 Å². The van der Waals surface area contributed by atoms with E-state index in [-0.39, 0.29) is 11.9 Å². The molecule has 0 bridgehead atoms. The summed E-state index contributed by atoms with van der Waals surface area (Å²) < 4.78 is 0. The van der Waals surface area contributed by atoms with Crippen LogP contribution in [-0.2, 0) is 11.2 Å². The van der Waals surface area contributed by atoms with E-state index < -0.39 is 0 Å². The fourth-order valence-electron chi connectivity index (χ4n) is 2.17. The lowest BCUT2D eigenvalue weighted by Crippen LogP contribution is -2.32. The first kappa shape index (κ1) is 14.7. The quantitative estimate of drug-likeness (QED) is 0.915. The van der Waals surface area contributed by atoms with Gasteiger partial charge >= 0.3 is 0 Å². The van der Waals surface area contributed by atoms with Crippen LogP contribution in [0.1, 0.15) is 36.2 Å². The van der Waals surface area contributed by atoms with E-state index >= 15 is 0 Å². The Kier molecular flexibility index (Phi) is 4.90. The molecular formula is C16H20N2OS. The van der Waals surface area contributed by atoms with Crippen LogP contribution in [0.2, 0.25) is 0 Å². The molecule has 20 heavy (non-hydrogen) atoms. The van der Waals surface area contributed by atoms with Crippen molar-refractivity contribution in [3.05, 3.63) is 52.0 Å². The molecule has 3 nitrogen and oxygen atoms in total. The molecule has 0 saturated carbocycles. The molecule has 1 unspecified atom stereocenters. The fraction of sp³-hybridized carbons (Fsp3) is 0.375. The van der Waals surface area contributed by atoms with Gasteiger partial charge in [-0.05, 0) is 18.4 Å². The van der Waals surface area contributed by atoms with Crippen molar-refractivity contribution in [2.45, 2.75) is 33.2 Å². The predicted octanol–water partition coefficient (Wildman–Crippen LogP) is 3.51. The van der Waals surface area contributed by atoms with Crippen molar-refractivity contribution in [3.63, 3.8) is 0 Å². The molecule has 0 saturated heterocycles. The van der Waals surface area contributed by atoms with Gasteiger partial charge in [0.15, 0.2) is 0 Å². The Morgan fingerprint density at radius 3 is 2.55 bits per heavy atom. The highest BCUT2D eigenvalue weighted by Crippen LogP contribution is 2.21. The summed E-state index contributed by atoms with van der Waals surface area (Å²) in [5.74, 6) is 0.372. The summed E-state index contributed by atoms with van der Waals surface area (Å²) in [5.41, 5.74) is 1.99. The standard InChI is InChI=1S/C16H20N2OS/c1-11(2)16(13-7-5-4-6-8-13)18-15(19)9-14-10-20-12(3)17-14/h4-8,10-11,16H,9H2,1-3H3,(H,18,19). The number of aromatic nitrogens is 1. The average molecular weight is 288 g/mol. The number of hydrogen-bond donors (Lipinski definition) is 1. The van der Waals surface area contributed by atoms with E-state index in [1.54, 1.807) is 11.3 Å². The molecule has 0 aliphatic heterocycles. The number of hydrogen-bond acceptors (Lipinski definition) is 3. The first-order valence-electron chi connectivity index (χ1n) is 6.81. The zero-order valence-corrected chi connectivity index (χ0v) is 12.9. The smallest absolute Gasteiger partial charge is 0.226 e. The van der Waals surface area contributed by atoms with Crippen LogP contribution < -0.4 is 5.32 Å². The fourth-order valence-corrected chi connectivity index (χ4v) is 2.79. The van der Waals surface area contributed by atoms with Crippen LogP contribution in [0.15, 0.2) is 35.7 Å². The number of carbonyl (C=O) groups excluding carboxylic acids is 1. The molecule has 1 N–H and O–H groups in total. The van der Waals surface area contributed by atoms with Gasteiger partial charge in [0.25, 0.3) is 0 Å². The van der Waals surface area contributed by atoms with Crippen molar-refractivity contribution in [3.8, 4) is 0 Å². The zero-order valence-electron chi connectivity index (χ0n) is 12.1. The molecule has 1 amide bonds. The van der Waals surface area contributed by atoms with Crippen molar-refractivity contribution in [2.24, 2.45) is 5.92 Å². The van der Waals surface area contributed by atoms with Crippen molar-refractivity contribution < 1.29 is 4.79 Å². The first-order valence-corrected chi connectivity index (χ1v) is 7.69. The minimum atomic E-state index is 0.0258. The molecule has 0 aliphatic rings. The number of nitrogens with zero attached hydrogens (tertiary/aromatic N) is 1. The summed E-state index contributed by atoms with van der Waals surface area (Å²) >= 11 is 1.58. The maximum Gasteiger partial charge on any atom is 0.226 e. The molecule has 2 rings (SSSR count). The highest BCUT2D eigenvalue weighted by molar-refractivity contribution is 7.09. The summed E-state index contributed by atoms with van der Waals surface area (Å²) in [4.78, 5) is 16.5. The normalized spacial score (nSPS) is 12.4. The van der Waals surface area contributed by atoms with E-state index in [0.29, 0.717) is 12.3 Å². The van der Waals surface area contributed by atoms with Crippen LogP contribution in [0.25, 0.3) is 0 Å². The van der Waals surface area contributed by atoms with Crippen LogP contribution in [0, 0.1) is 12.8 Å². The second-order valence-electron chi connectivity index (χ2n) is 5.23. The van der Waals surface area contributed by atoms with E-state index in [2.05, 4.69) is 36.3 Å². The number of thiazole rings is 1. The molecule has 4 heteroatoms. The minimum absolute atomic E-state index is 0.0258. The van der Waals surface area contributed by atoms with Crippen LogP contribution in [0.3, 0.4) is 0 Å². The summed E-state index contributed by atoms with van der Waals surface area (Å²) in [6, 6.07) is 10.1. The topological polar surface area (TPSA) is 42.0 Å². The number of aryl methyl sites for hydroxylation is 1. The van der Waals surface area contributed by atoms with Crippen molar-refractivity contribution in [1.82, 2.24) is 10.3 Å². The average Bonchev–Trinajstić information content (AvgIpc) is 2.82. The zero-order chi connectivity index (χ0) is 14.5. The second kappa shape index (κ2) is 6.66. The molecule has 0 radical (unpaired) electrons. The molecule has 1 aromatic carbocycles. The molecule has 106 valence electrons. The van der Waals surface area contributed by atoms with Crippen molar-refractivity contribution in [2.75, 3.05) is 0 Å². The molecule has 0 fully saturated rings. The van der Waals surface area contributed by atoms with Crippen LogP contribution >= 0.6 is 11.3 Å². The highest BCUT2D eigenvalue weighted by Gasteiger charge is 2.18. The van der Waals surface area contributed by atoms with E-state index in [1.807, 2.05) is 30.5 Å². The number of carbonyl (C=O) groups is 1. The molecule has 2 aromatic rings. The summed E-state index contributed by atoms with van der Waals surface area (Å²) in [7, 11) is 0. The van der Waals surface area contributed by atoms with E-state index in [9.17, 15) is 4.79 Å². The van der Waals surface area contributed by atoms with Gasteiger partial charge in [-0.15, -0.1) is 11.3 Å². The molecular weight excluding hydrogens is 268 g/mol. The third-order valence-corrected chi connectivity index (χ3v) is 3.97. The summed E-state index contributed by atoms with van der Waals surface area (Å²) in [6.45, 7) is 6.18. The van der Waals surface area contributed by atoms with E-state index in [4.69, 9.17) is 0 Å². The van der Waals surface area contributed by atoms with Gasteiger partial charge in [0, 0.05) is 5.38 Å². The Labute approximate surface area is 124 Å². The Hall–Kier alpha value is -1.68. The van der Waals surface area contributed by atoms with Gasteiger partial charge in [-0.1, -0.05) is 44.2 Å². The third-order valence-electron chi connectivity index (χ3n) is 3.15. The van der Waals surface area contributed by atoms with Gasteiger partial charge in [-0.25, -0.2) is 4.98 Å². The monoisotopic (exact) mass is 288 g/mol. The second-order valence-corrected chi connectivity index (χ2v) is 6.30. The third kappa shape index (κ3) is 3.90. The maximum absolute atomic E-state index is 12.2. The number of rotatable bonds is 5. The van der Waals surface area contributed by atoms with Gasteiger partial charge in [0.05, 0.1) is 23.2 Å².